The number of anilines is 1. The van der Waals surface area contributed by atoms with Crippen LogP contribution in [0.5, 0.6) is 0 Å². The van der Waals surface area contributed by atoms with Gasteiger partial charge in [0.2, 0.25) is 5.95 Å². The predicted octanol–water partition coefficient (Wildman–Crippen LogP) is 4.06. The molecule has 140 valence electrons. The third-order valence-corrected chi connectivity index (χ3v) is 4.93. The van der Waals surface area contributed by atoms with Crippen LogP contribution in [0.1, 0.15) is 5.69 Å². The summed E-state index contributed by atoms with van der Waals surface area (Å²) in [4.78, 5) is 26.1. The highest BCUT2D eigenvalue weighted by atomic mass is 35.5. The molecule has 1 N–H and O–H groups in total. The minimum Gasteiger partial charge on any atom is -0.357 e. The zero-order chi connectivity index (χ0) is 19.8. The first-order chi connectivity index (χ1) is 13.5. The number of nitrogens with zero attached hydrogens (tertiary/aromatic N) is 4. The van der Waals surface area contributed by atoms with Gasteiger partial charge in [-0.2, -0.15) is 4.98 Å². The molecule has 1 aromatic carbocycles. The van der Waals surface area contributed by atoms with E-state index in [1.165, 1.54) is 4.57 Å². The Labute approximate surface area is 166 Å². The molecule has 0 aliphatic rings. The van der Waals surface area contributed by atoms with E-state index in [0.29, 0.717) is 27.7 Å². The lowest BCUT2D eigenvalue weighted by molar-refractivity contribution is 0.886. The highest BCUT2D eigenvalue weighted by Crippen LogP contribution is 2.31. The van der Waals surface area contributed by atoms with Crippen molar-refractivity contribution in [3.63, 3.8) is 0 Å². The first kappa shape index (κ1) is 18.1. The number of aromatic nitrogens is 4. The Morgan fingerprint density at radius 3 is 2.61 bits per heavy atom. The molecule has 0 aliphatic heterocycles. The highest BCUT2D eigenvalue weighted by Gasteiger charge is 2.14. The molecule has 0 atom stereocenters. The van der Waals surface area contributed by atoms with Crippen LogP contribution in [-0.2, 0) is 7.05 Å². The lowest BCUT2D eigenvalue weighted by Crippen LogP contribution is -2.20. The predicted molar refractivity (Wildman–Crippen MR) is 113 cm³/mol. The fourth-order valence-electron chi connectivity index (χ4n) is 3.16. The molecule has 28 heavy (non-hydrogen) atoms. The summed E-state index contributed by atoms with van der Waals surface area (Å²) < 4.78 is 1.51. The molecule has 0 spiro atoms. The van der Waals surface area contributed by atoms with Crippen molar-refractivity contribution in [3.05, 3.63) is 69.7 Å². The topological polar surface area (TPSA) is 72.7 Å². The molecule has 4 rings (SSSR count). The second-order valence-electron chi connectivity index (χ2n) is 6.50. The van der Waals surface area contributed by atoms with Gasteiger partial charge in [0.15, 0.2) is 0 Å². The molecule has 3 aromatic heterocycles. The van der Waals surface area contributed by atoms with E-state index in [1.54, 1.807) is 26.4 Å². The van der Waals surface area contributed by atoms with Gasteiger partial charge in [0, 0.05) is 53.1 Å². The first-order valence-electron chi connectivity index (χ1n) is 8.76. The first-order valence-corrected chi connectivity index (χ1v) is 9.14. The van der Waals surface area contributed by atoms with E-state index in [9.17, 15) is 4.79 Å². The van der Waals surface area contributed by atoms with Crippen LogP contribution in [0.4, 0.5) is 5.95 Å². The van der Waals surface area contributed by atoms with Gasteiger partial charge in [-0.25, -0.2) is 4.98 Å². The van der Waals surface area contributed by atoms with Gasteiger partial charge in [-0.05, 0) is 31.2 Å². The number of benzene rings is 1. The fraction of sp³-hybridized carbons (Fsp3) is 0.143. The van der Waals surface area contributed by atoms with E-state index in [2.05, 4.69) is 20.3 Å². The molecule has 0 bridgehead atoms. The average molecular weight is 392 g/mol. The summed E-state index contributed by atoms with van der Waals surface area (Å²) in [6, 6.07) is 13.2. The number of nitrogens with one attached hydrogen (secondary N) is 1. The number of hydrogen-bond acceptors (Lipinski definition) is 5. The van der Waals surface area contributed by atoms with Gasteiger partial charge < -0.3 is 5.32 Å². The Balaban J connectivity index is 1.86. The smallest absolute Gasteiger partial charge is 0.259 e. The molecule has 0 saturated carbocycles. The van der Waals surface area contributed by atoms with E-state index in [1.807, 2.05) is 43.3 Å². The van der Waals surface area contributed by atoms with Crippen molar-refractivity contribution in [2.75, 3.05) is 12.4 Å². The zero-order valence-electron chi connectivity index (χ0n) is 15.7. The summed E-state index contributed by atoms with van der Waals surface area (Å²) in [6.45, 7) is 1.94. The van der Waals surface area contributed by atoms with Crippen LogP contribution in [0.2, 0.25) is 5.02 Å². The van der Waals surface area contributed by atoms with E-state index in [-0.39, 0.29) is 5.56 Å². The van der Waals surface area contributed by atoms with Crippen LogP contribution in [0, 0.1) is 6.92 Å². The molecule has 4 aromatic rings. The molecule has 0 radical (unpaired) electrons. The zero-order valence-corrected chi connectivity index (χ0v) is 16.4. The molecule has 0 unspecified atom stereocenters. The Hall–Kier alpha value is -3.25. The maximum absolute atomic E-state index is 12.9. The van der Waals surface area contributed by atoms with Gasteiger partial charge >= 0.3 is 0 Å². The van der Waals surface area contributed by atoms with Crippen molar-refractivity contribution in [1.82, 2.24) is 19.5 Å². The summed E-state index contributed by atoms with van der Waals surface area (Å²) in [7, 11) is 3.43. The molecule has 0 amide bonds. The van der Waals surface area contributed by atoms with Gasteiger partial charge in [-0.1, -0.05) is 29.8 Å². The minimum absolute atomic E-state index is 0.170. The molecule has 0 aliphatic carbocycles. The van der Waals surface area contributed by atoms with Gasteiger partial charge in [0.1, 0.15) is 5.65 Å². The summed E-state index contributed by atoms with van der Waals surface area (Å²) in [5.74, 6) is 0.461. The lowest BCUT2D eigenvalue weighted by Gasteiger charge is -2.11. The molecular formula is C21H18ClN5O. The second-order valence-corrected chi connectivity index (χ2v) is 6.91. The van der Waals surface area contributed by atoms with Crippen molar-refractivity contribution in [3.8, 4) is 22.4 Å². The number of hydrogen-bond donors (Lipinski definition) is 1. The largest absolute Gasteiger partial charge is 0.357 e. The summed E-state index contributed by atoms with van der Waals surface area (Å²) >= 11 is 6.56. The average Bonchev–Trinajstić information content (AvgIpc) is 2.70. The maximum atomic E-state index is 12.9. The van der Waals surface area contributed by atoms with Crippen LogP contribution in [0.15, 0.2) is 53.5 Å². The SMILES string of the molecule is CNc1ncc2cc(-c3ccc(-c4cccc(C)n4)cc3Cl)c(=O)n(C)c2n1. The molecule has 7 heteroatoms. The number of fused-ring (bicyclic) bond motifs is 1. The standard InChI is InChI=1S/C21H18ClN5O/c1-12-5-4-6-18(25-12)13-7-8-15(17(22)10-13)16-9-14-11-24-21(23-2)26-19(14)27(3)20(16)28/h4-11H,1-3H3,(H,23,24,26). The summed E-state index contributed by atoms with van der Waals surface area (Å²) in [5.41, 5.74) is 4.23. The summed E-state index contributed by atoms with van der Waals surface area (Å²) in [6.07, 6.45) is 1.69. The second kappa shape index (κ2) is 7.05. The number of pyridine rings is 2. The van der Waals surface area contributed by atoms with Crippen LogP contribution < -0.4 is 10.9 Å². The Morgan fingerprint density at radius 2 is 1.89 bits per heavy atom. The normalized spacial score (nSPS) is 11.0. The number of halogens is 1. The lowest BCUT2D eigenvalue weighted by atomic mass is 10.0. The molecule has 0 saturated heterocycles. The third kappa shape index (κ3) is 3.12. The minimum atomic E-state index is -0.170. The third-order valence-electron chi connectivity index (χ3n) is 4.62. The van der Waals surface area contributed by atoms with E-state index >= 15 is 0 Å². The maximum Gasteiger partial charge on any atom is 0.259 e. The number of aryl methyl sites for hydroxylation is 2. The molecule has 6 nitrogen and oxygen atoms in total. The fourth-order valence-corrected chi connectivity index (χ4v) is 3.44. The Kier molecular flexibility index (Phi) is 4.57. The van der Waals surface area contributed by atoms with Crippen LogP contribution in [-0.4, -0.2) is 26.6 Å². The van der Waals surface area contributed by atoms with E-state index in [0.717, 1.165) is 22.3 Å². The van der Waals surface area contributed by atoms with Crippen molar-refractivity contribution >= 4 is 28.6 Å². The van der Waals surface area contributed by atoms with Gasteiger partial charge in [-0.15, -0.1) is 0 Å². The Bertz CT molecular complexity index is 1270. The van der Waals surface area contributed by atoms with Crippen molar-refractivity contribution in [1.29, 1.82) is 0 Å². The quantitative estimate of drug-likeness (QED) is 0.570. The van der Waals surface area contributed by atoms with E-state index in [4.69, 9.17) is 11.6 Å². The highest BCUT2D eigenvalue weighted by molar-refractivity contribution is 6.33. The van der Waals surface area contributed by atoms with E-state index < -0.39 is 0 Å². The molecule has 3 heterocycles. The van der Waals surface area contributed by atoms with Crippen molar-refractivity contribution in [2.45, 2.75) is 6.92 Å². The van der Waals surface area contributed by atoms with Gasteiger partial charge in [0.05, 0.1) is 5.69 Å². The Morgan fingerprint density at radius 1 is 1.07 bits per heavy atom. The van der Waals surface area contributed by atoms with Crippen molar-refractivity contribution < 1.29 is 0 Å². The van der Waals surface area contributed by atoms with Crippen molar-refractivity contribution in [2.24, 2.45) is 7.05 Å². The van der Waals surface area contributed by atoms with Crippen LogP contribution >= 0.6 is 11.6 Å². The van der Waals surface area contributed by atoms with Crippen LogP contribution in [0.3, 0.4) is 0 Å². The van der Waals surface area contributed by atoms with Crippen LogP contribution in [0.25, 0.3) is 33.4 Å². The van der Waals surface area contributed by atoms with Gasteiger partial charge in [-0.3, -0.25) is 14.3 Å². The van der Waals surface area contributed by atoms with Gasteiger partial charge in [0.25, 0.3) is 5.56 Å². The summed E-state index contributed by atoms with van der Waals surface area (Å²) in [5, 5.41) is 4.13. The molecular weight excluding hydrogens is 374 g/mol. The molecule has 0 fully saturated rings. The monoisotopic (exact) mass is 391 g/mol. The number of rotatable bonds is 3.